The molecule has 4 aromatic heterocycles. The summed E-state index contributed by atoms with van der Waals surface area (Å²) >= 11 is 0. The summed E-state index contributed by atoms with van der Waals surface area (Å²) in [6.45, 7) is 0. The molecular formula is C50H32N6O. The van der Waals surface area contributed by atoms with Crippen LogP contribution in [0, 0.1) is 0 Å². The van der Waals surface area contributed by atoms with Crippen LogP contribution in [-0.4, -0.2) is 29.9 Å². The van der Waals surface area contributed by atoms with Gasteiger partial charge in [-0.1, -0.05) is 146 Å². The van der Waals surface area contributed by atoms with Crippen LogP contribution in [0.5, 0.6) is 0 Å². The van der Waals surface area contributed by atoms with Gasteiger partial charge in [0.25, 0.3) is 0 Å². The number of benzene rings is 5. The standard InChI is InChI=1S/C50H32N6O/c1-3-9-31(10-4-1)32-16-20-35(21-17-32)47-54-46(34-11-5-2-6-12-34)55-48(56-47)36-22-18-33(19-23-36)37-13-7-14-38(29-37)39-24-26-41-40(30-39)25-27-43-44(41)45-50(57-43)52-42-15-8-28-51-49(42)53-45/h1-25,27-30,41H,26H2. The SMILES string of the molecule is C1=Cc2oc3nc4cccnc4nc3c2C2CC=C(c3cccc(-c4ccc(-c5nc(-c6ccccc6)nc(-c6ccc(-c7ccccc7)cc6)n5)cc4)c3)C=C12. The molecule has 0 saturated carbocycles. The molecule has 0 spiro atoms. The molecule has 0 aliphatic heterocycles. The van der Waals surface area contributed by atoms with E-state index in [0.29, 0.717) is 28.8 Å². The van der Waals surface area contributed by atoms with E-state index in [9.17, 15) is 0 Å². The minimum Gasteiger partial charge on any atom is -0.437 e. The number of furan rings is 1. The van der Waals surface area contributed by atoms with E-state index in [1.165, 1.54) is 22.3 Å². The Morgan fingerprint density at radius 3 is 1.77 bits per heavy atom. The molecule has 0 amide bonds. The number of fused-ring (bicyclic) bond motifs is 6. The lowest BCUT2D eigenvalue weighted by molar-refractivity contribution is 0.581. The molecular weight excluding hydrogens is 701 g/mol. The zero-order valence-corrected chi connectivity index (χ0v) is 30.6. The van der Waals surface area contributed by atoms with Gasteiger partial charge in [0.15, 0.2) is 23.1 Å². The summed E-state index contributed by atoms with van der Waals surface area (Å²) in [4.78, 5) is 28.9. The maximum atomic E-state index is 6.18. The van der Waals surface area contributed by atoms with Crippen LogP contribution in [0.3, 0.4) is 0 Å². The van der Waals surface area contributed by atoms with Gasteiger partial charge in [-0.15, -0.1) is 0 Å². The van der Waals surface area contributed by atoms with Gasteiger partial charge in [-0.2, -0.15) is 0 Å². The van der Waals surface area contributed by atoms with Crippen molar-refractivity contribution < 1.29 is 4.42 Å². The van der Waals surface area contributed by atoms with Crippen LogP contribution in [-0.2, 0) is 0 Å². The second kappa shape index (κ2) is 13.6. The van der Waals surface area contributed by atoms with Gasteiger partial charge in [0.1, 0.15) is 16.8 Å². The van der Waals surface area contributed by atoms with Gasteiger partial charge in [0.05, 0.1) is 0 Å². The molecule has 0 saturated heterocycles. The highest BCUT2D eigenvalue weighted by atomic mass is 16.3. The summed E-state index contributed by atoms with van der Waals surface area (Å²) in [5.41, 5.74) is 14.8. The van der Waals surface area contributed by atoms with Crippen LogP contribution in [0.15, 0.2) is 180 Å². The molecule has 9 aromatic rings. The van der Waals surface area contributed by atoms with Gasteiger partial charge in [-0.05, 0) is 69.7 Å². The third-order valence-corrected chi connectivity index (χ3v) is 10.8. The number of allylic oxidation sites excluding steroid dienone is 5. The van der Waals surface area contributed by atoms with E-state index in [0.717, 1.165) is 62.2 Å². The average Bonchev–Trinajstić information content (AvgIpc) is 3.66. The van der Waals surface area contributed by atoms with Gasteiger partial charge in [0, 0.05) is 34.4 Å². The molecule has 2 aliphatic rings. The lowest BCUT2D eigenvalue weighted by Crippen LogP contribution is -2.09. The lowest BCUT2D eigenvalue weighted by Gasteiger charge is -2.24. The van der Waals surface area contributed by atoms with E-state index in [-0.39, 0.29) is 5.92 Å². The summed E-state index contributed by atoms with van der Waals surface area (Å²) in [5, 5.41) is 0. The van der Waals surface area contributed by atoms with Crippen LogP contribution in [0.2, 0.25) is 0 Å². The minimum atomic E-state index is 0.146. The van der Waals surface area contributed by atoms with E-state index < -0.39 is 0 Å². The predicted molar refractivity (Wildman–Crippen MR) is 227 cm³/mol. The minimum absolute atomic E-state index is 0.146. The topological polar surface area (TPSA) is 90.5 Å². The number of aromatic nitrogens is 6. The van der Waals surface area contributed by atoms with Crippen molar-refractivity contribution in [2.45, 2.75) is 12.3 Å². The molecule has 0 radical (unpaired) electrons. The van der Waals surface area contributed by atoms with Gasteiger partial charge < -0.3 is 4.42 Å². The number of hydrogen-bond donors (Lipinski definition) is 0. The van der Waals surface area contributed by atoms with Crippen molar-refractivity contribution in [3.8, 4) is 56.4 Å². The highest BCUT2D eigenvalue weighted by molar-refractivity contribution is 5.89. The normalized spacial score (nSPS) is 14.6. The monoisotopic (exact) mass is 732 g/mol. The van der Waals surface area contributed by atoms with Gasteiger partial charge in [0.2, 0.25) is 5.71 Å². The third-order valence-electron chi connectivity index (χ3n) is 10.8. The first-order chi connectivity index (χ1) is 28.2. The Hall–Kier alpha value is -7.64. The van der Waals surface area contributed by atoms with Crippen LogP contribution < -0.4 is 0 Å². The molecule has 57 heavy (non-hydrogen) atoms. The van der Waals surface area contributed by atoms with Crippen LogP contribution >= 0.6 is 0 Å². The molecule has 1 unspecified atom stereocenters. The first kappa shape index (κ1) is 32.8. The van der Waals surface area contributed by atoms with Crippen molar-refractivity contribution in [3.63, 3.8) is 0 Å². The summed E-state index contributed by atoms with van der Waals surface area (Å²) in [5.74, 6) is 2.88. The van der Waals surface area contributed by atoms with E-state index in [4.69, 9.17) is 29.3 Å². The van der Waals surface area contributed by atoms with E-state index in [2.05, 4.69) is 120 Å². The number of hydrogen-bond acceptors (Lipinski definition) is 7. The van der Waals surface area contributed by atoms with E-state index >= 15 is 0 Å². The quantitative estimate of drug-likeness (QED) is 0.168. The molecule has 4 heterocycles. The fourth-order valence-electron chi connectivity index (χ4n) is 7.89. The van der Waals surface area contributed by atoms with E-state index in [1.807, 2.05) is 54.6 Å². The maximum absolute atomic E-state index is 6.18. The Morgan fingerprint density at radius 2 is 1.07 bits per heavy atom. The number of rotatable bonds is 6. The van der Waals surface area contributed by atoms with Crippen LogP contribution in [0.4, 0.5) is 0 Å². The molecule has 7 nitrogen and oxygen atoms in total. The zero-order chi connectivity index (χ0) is 37.7. The molecule has 2 aliphatic carbocycles. The molecule has 1 atom stereocenters. The Bertz CT molecular complexity index is 3080. The summed E-state index contributed by atoms with van der Waals surface area (Å²) < 4.78 is 6.18. The number of nitrogens with zero attached hydrogens (tertiary/aromatic N) is 6. The number of pyridine rings is 1. The highest BCUT2D eigenvalue weighted by Gasteiger charge is 2.30. The molecule has 0 bridgehead atoms. The first-order valence-corrected chi connectivity index (χ1v) is 19.0. The van der Waals surface area contributed by atoms with Crippen molar-refractivity contribution in [1.82, 2.24) is 29.9 Å². The fourth-order valence-corrected chi connectivity index (χ4v) is 7.89. The maximum Gasteiger partial charge on any atom is 0.246 e. The first-order valence-electron chi connectivity index (χ1n) is 19.0. The van der Waals surface area contributed by atoms with Crippen molar-refractivity contribution >= 4 is 34.0 Å². The van der Waals surface area contributed by atoms with Crippen molar-refractivity contribution in [2.75, 3.05) is 0 Å². The summed E-state index contributed by atoms with van der Waals surface area (Å²) in [7, 11) is 0. The largest absolute Gasteiger partial charge is 0.437 e. The van der Waals surface area contributed by atoms with Crippen molar-refractivity contribution in [1.29, 1.82) is 0 Å². The van der Waals surface area contributed by atoms with Gasteiger partial charge in [-0.3, -0.25) is 0 Å². The van der Waals surface area contributed by atoms with Gasteiger partial charge >= 0.3 is 0 Å². The second-order valence-corrected chi connectivity index (χ2v) is 14.3. The fraction of sp³-hybridized carbons (Fsp3) is 0.0400. The smallest absolute Gasteiger partial charge is 0.246 e. The Balaban J connectivity index is 0.883. The van der Waals surface area contributed by atoms with Crippen molar-refractivity contribution in [2.24, 2.45) is 0 Å². The molecule has 7 heteroatoms. The Morgan fingerprint density at radius 1 is 0.491 bits per heavy atom. The Kier molecular flexibility index (Phi) is 7.81. The molecule has 268 valence electrons. The van der Waals surface area contributed by atoms with Gasteiger partial charge in [-0.25, -0.2) is 29.9 Å². The predicted octanol–water partition coefficient (Wildman–Crippen LogP) is 11.8. The van der Waals surface area contributed by atoms with Crippen LogP contribution in [0.1, 0.15) is 29.2 Å². The molecule has 11 rings (SSSR count). The average molecular weight is 733 g/mol. The van der Waals surface area contributed by atoms with Crippen LogP contribution in [0.25, 0.3) is 90.5 Å². The molecule has 5 aromatic carbocycles. The van der Waals surface area contributed by atoms with E-state index in [1.54, 1.807) is 6.20 Å². The zero-order valence-electron chi connectivity index (χ0n) is 30.6. The lowest BCUT2D eigenvalue weighted by atomic mass is 9.79. The third kappa shape index (κ3) is 6.02. The molecule has 0 fully saturated rings. The Labute approximate surface area is 328 Å². The summed E-state index contributed by atoms with van der Waals surface area (Å²) in [6, 6.07) is 49.9. The highest BCUT2D eigenvalue weighted by Crippen LogP contribution is 2.45. The van der Waals surface area contributed by atoms with Crippen molar-refractivity contribution in [3.05, 3.63) is 192 Å². The molecule has 0 N–H and O–H groups in total. The summed E-state index contributed by atoms with van der Waals surface area (Å²) in [6.07, 6.45) is 11.4. The second-order valence-electron chi connectivity index (χ2n) is 14.3.